The number of nitrogens with zero attached hydrogens (tertiary/aromatic N) is 2. The van der Waals surface area contributed by atoms with Gasteiger partial charge in [-0.05, 0) is 23.6 Å². The molecule has 1 amide bonds. The van der Waals surface area contributed by atoms with Gasteiger partial charge in [0.25, 0.3) is 5.56 Å². The highest BCUT2D eigenvalue weighted by molar-refractivity contribution is 5.84. The number of carbonyl (C=O) groups excluding carboxylic acids is 1. The molecule has 1 aliphatic rings. The summed E-state index contributed by atoms with van der Waals surface area (Å²) in [6, 6.07) is 13.3. The van der Waals surface area contributed by atoms with Gasteiger partial charge in [0.2, 0.25) is 5.91 Å². The molecule has 0 saturated heterocycles. The number of H-pyrrole nitrogens is 1. The SMILES string of the molecule is CCC(C(=O)N1CCc2[nH]c(=O)c(C#N)cc2C1)c1ccccc1. The van der Waals surface area contributed by atoms with Crippen LogP contribution >= 0.6 is 0 Å². The van der Waals surface area contributed by atoms with Crippen LogP contribution in [-0.4, -0.2) is 22.3 Å². The van der Waals surface area contributed by atoms with Crippen LogP contribution in [0.25, 0.3) is 0 Å². The Balaban J connectivity index is 1.85. The van der Waals surface area contributed by atoms with Crippen LogP contribution in [0.5, 0.6) is 0 Å². The minimum absolute atomic E-state index is 0.0955. The van der Waals surface area contributed by atoms with E-state index in [0.717, 1.165) is 23.2 Å². The van der Waals surface area contributed by atoms with Crippen molar-refractivity contribution in [3.63, 3.8) is 0 Å². The number of nitriles is 1. The van der Waals surface area contributed by atoms with E-state index in [0.29, 0.717) is 19.5 Å². The van der Waals surface area contributed by atoms with Crippen LogP contribution < -0.4 is 5.56 Å². The number of fused-ring (bicyclic) bond motifs is 1. The Hall–Kier alpha value is -2.87. The third-order valence-electron chi connectivity index (χ3n) is 4.55. The van der Waals surface area contributed by atoms with Gasteiger partial charge in [0, 0.05) is 25.2 Å². The molecule has 1 unspecified atom stereocenters. The Morgan fingerprint density at radius 2 is 2.12 bits per heavy atom. The molecule has 0 radical (unpaired) electrons. The van der Waals surface area contributed by atoms with E-state index in [-0.39, 0.29) is 22.9 Å². The van der Waals surface area contributed by atoms with E-state index < -0.39 is 0 Å². The van der Waals surface area contributed by atoms with E-state index in [1.165, 1.54) is 0 Å². The van der Waals surface area contributed by atoms with Gasteiger partial charge in [0.05, 0.1) is 5.92 Å². The Morgan fingerprint density at radius 3 is 2.79 bits per heavy atom. The maximum absolute atomic E-state index is 12.9. The lowest BCUT2D eigenvalue weighted by atomic mass is 9.93. The Kier molecular flexibility index (Phi) is 4.48. The second-order valence-corrected chi connectivity index (χ2v) is 6.01. The monoisotopic (exact) mass is 321 g/mol. The molecule has 1 aliphatic heterocycles. The quantitative estimate of drug-likeness (QED) is 0.942. The molecular formula is C19H19N3O2. The van der Waals surface area contributed by atoms with Crippen molar-refractivity contribution in [2.75, 3.05) is 6.54 Å². The Labute approximate surface area is 140 Å². The standard InChI is InChI=1S/C19H19N3O2/c1-2-16(13-6-4-3-5-7-13)19(24)22-9-8-17-15(12-22)10-14(11-20)18(23)21-17/h3-7,10,16H,2,8-9,12H2,1H3,(H,21,23). The van der Waals surface area contributed by atoms with Crippen molar-refractivity contribution >= 4 is 5.91 Å². The summed E-state index contributed by atoms with van der Waals surface area (Å²) < 4.78 is 0. The summed E-state index contributed by atoms with van der Waals surface area (Å²) in [5, 5.41) is 9.02. The molecule has 1 aromatic heterocycles. The molecule has 0 aliphatic carbocycles. The first-order chi connectivity index (χ1) is 11.6. The highest BCUT2D eigenvalue weighted by Crippen LogP contribution is 2.25. The van der Waals surface area contributed by atoms with Gasteiger partial charge in [0.15, 0.2) is 0 Å². The largest absolute Gasteiger partial charge is 0.337 e. The topological polar surface area (TPSA) is 77.0 Å². The normalized spacial score (nSPS) is 14.6. The van der Waals surface area contributed by atoms with Crippen molar-refractivity contribution in [2.24, 2.45) is 0 Å². The van der Waals surface area contributed by atoms with E-state index in [4.69, 9.17) is 5.26 Å². The lowest BCUT2D eigenvalue weighted by Crippen LogP contribution is -2.40. The molecule has 2 aromatic rings. The summed E-state index contributed by atoms with van der Waals surface area (Å²) in [5.41, 5.74) is 2.45. The predicted octanol–water partition coefficient (Wildman–Crippen LogP) is 2.33. The predicted molar refractivity (Wildman–Crippen MR) is 90.4 cm³/mol. The molecule has 0 fully saturated rings. The molecule has 0 saturated carbocycles. The molecule has 0 spiro atoms. The zero-order chi connectivity index (χ0) is 17.1. The maximum Gasteiger partial charge on any atom is 0.266 e. The molecule has 122 valence electrons. The third kappa shape index (κ3) is 2.95. The van der Waals surface area contributed by atoms with Crippen molar-refractivity contribution in [1.29, 1.82) is 5.26 Å². The van der Waals surface area contributed by atoms with E-state index in [1.807, 2.05) is 48.2 Å². The van der Waals surface area contributed by atoms with E-state index in [9.17, 15) is 9.59 Å². The smallest absolute Gasteiger partial charge is 0.266 e. The van der Waals surface area contributed by atoms with Gasteiger partial charge in [-0.15, -0.1) is 0 Å². The number of hydrogen-bond donors (Lipinski definition) is 1. The second-order valence-electron chi connectivity index (χ2n) is 6.01. The van der Waals surface area contributed by atoms with Crippen LogP contribution in [0.1, 0.15) is 41.6 Å². The van der Waals surface area contributed by atoms with Gasteiger partial charge >= 0.3 is 0 Å². The van der Waals surface area contributed by atoms with Gasteiger partial charge in [0.1, 0.15) is 11.6 Å². The summed E-state index contributed by atoms with van der Waals surface area (Å²) in [4.78, 5) is 29.3. The number of aromatic nitrogens is 1. The molecule has 24 heavy (non-hydrogen) atoms. The van der Waals surface area contributed by atoms with Crippen molar-refractivity contribution in [1.82, 2.24) is 9.88 Å². The van der Waals surface area contributed by atoms with Gasteiger partial charge in [-0.3, -0.25) is 9.59 Å². The molecule has 3 rings (SSSR count). The zero-order valence-electron chi connectivity index (χ0n) is 13.6. The van der Waals surface area contributed by atoms with E-state index >= 15 is 0 Å². The van der Waals surface area contributed by atoms with Gasteiger partial charge in [-0.25, -0.2) is 0 Å². The number of benzene rings is 1. The molecule has 5 nitrogen and oxygen atoms in total. The fourth-order valence-electron chi connectivity index (χ4n) is 3.24. The Morgan fingerprint density at radius 1 is 1.38 bits per heavy atom. The van der Waals surface area contributed by atoms with Crippen molar-refractivity contribution in [2.45, 2.75) is 32.2 Å². The molecule has 1 N–H and O–H groups in total. The summed E-state index contributed by atoms with van der Waals surface area (Å²) in [5.74, 6) is -0.0648. The van der Waals surface area contributed by atoms with Crippen LogP contribution in [0, 0.1) is 11.3 Å². The first-order valence-corrected chi connectivity index (χ1v) is 8.13. The lowest BCUT2D eigenvalue weighted by Gasteiger charge is -2.31. The Bertz CT molecular complexity index is 849. The van der Waals surface area contributed by atoms with Crippen LogP contribution in [0.2, 0.25) is 0 Å². The maximum atomic E-state index is 12.9. The van der Waals surface area contributed by atoms with Crippen LogP contribution in [0.3, 0.4) is 0 Å². The molecule has 1 aromatic carbocycles. The summed E-state index contributed by atoms with van der Waals surface area (Å²) in [6.45, 7) is 3.03. The highest BCUT2D eigenvalue weighted by Gasteiger charge is 2.28. The van der Waals surface area contributed by atoms with Crippen LogP contribution in [-0.2, 0) is 17.8 Å². The average molecular weight is 321 g/mol. The molecule has 0 bridgehead atoms. The van der Waals surface area contributed by atoms with Crippen molar-refractivity contribution in [3.05, 3.63) is 69.1 Å². The van der Waals surface area contributed by atoms with Crippen LogP contribution in [0.4, 0.5) is 0 Å². The van der Waals surface area contributed by atoms with Crippen LogP contribution in [0.15, 0.2) is 41.2 Å². The van der Waals surface area contributed by atoms with Gasteiger partial charge < -0.3 is 9.88 Å². The number of nitrogens with one attached hydrogen (secondary N) is 1. The second kappa shape index (κ2) is 6.71. The lowest BCUT2D eigenvalue weighted by molar-refractivity contribution is -0.133. The molecule has 5 heteroatoms. The number of amides is 1. The summed E-state index contributed by atoms with van der Waals surface area (Å²) >= 11 is 0. The minimum atomic E-state index is -0.355. The highest BCUT2D eigenvalue weighted by atomic mass is 16.2. The first kappa shape index (κ1) is 16.0. The minimum Gasteiger partial charge on any atom is -0.337 e. The van der Waals surface area contributed by atoms with E-state index in [2.05, 4.69) is 4.98 Å². The summed E-state index contributed by atoms with van der Waals surface area (Å²) in [6.07, 6.45) is 1.34. The number of aromatic amines is 1. The fourth-order valence-corrected chi connectivity index (χ4v) is 3.24. The first-order valence-electron chi connectivity index (χ1n) is 8.13. The zero-order valence-corrected chi connectivity index (χ0v) is 13.6. The van der Waals surface area contributed by atoms with Gasteiger partial charge in [-0.1, -0.05) is 37.3 Å². The number of pyridine rings is 1. The number of hydrogen-bond acceptors (Lipinski definition) is 3. The third-order valence-corrected chi connectivity index (χ3v) is 4.55. The number of carbonyl (C=O) groups is 1. The number of rotatable bonds is 3. The van der Waals surface area contributed by atoms with Gasteiger partial charge in [-0.2, -0.15) is 5.26 Å². The molecular weight excluding hydrogens is 302 g/mol. The van der Waals surface area contributed by atoms with Crippen molar-refractivity contribution in [3.8, 4) is 6.07 Å². The van der Waals surface area contributed by atoms with Crippen molar-refractivity contribution < 1.29 is 4.79 Å². The fraction of sp³-hybridized carbons (Fsp3) is 0.316. The molecule has 2 heterocycles. The molecule has 1 atom stereocenters. The summed E-state index contributed by atoms with van der Waals surface area (Å²) in [7, 11) is 0. The average Bonchev–Trinajstić information content (AvgIpc) is 2.62. The van der Waals surface area contributed by atoms with E-state index in [1.54, 1.807) is 6.07 Å².